The lowest BCUT2D eigenvalue weighted by atomic mass is 9.84. The molecule has 152 valence electrons. The molecule has 1 aliphatic heterocycles. The van der Waals surface area contributed by atoms with Gasteiger partial charge in [-0.05, 0) is 50.2 Å². The molecule has 2 saturated carbocycles. The predicted octanol–water partition coefficient (Wildman–Crippen LogP) is 2.97. The largest absolute Gasteiger partial charge is 0.390 e. The summed E-state index contributed by atoms with van der Waals surface area (Å²) in [7, 11) is 0. The molecule has 7 nitrogen and oxygen atoms in total. The van der Waals surface area contributed by atoms with Crippen molar-refractivity contribution < 1.29 is 5.11 Å². The fraction of sp³-hybridized carbons (Fsp3) is 0.478. The van der Waals surface area contributed by atoms with Crippen LogP contribution in [-0.4, -0.2) is 43.5 Å². The highest BCUT2D eigenvalue weighted by Crippen LogP contribution is 2.78. The average molecular weight is 400 g/mol. The van der Waals surface area contributed by atoms with E-state index in [0.29, 0.717) is 5.82 Å². The highest BCUT2D eigenvalue weighted by Gasteiger charge is 2.75. The van der Waals surface area contributed by atoms with Gasteiger partial charge in [0.25, 0.3) is 0 Å². The Morgan fingerprint density at radius 2 is 1.93 bits per heavy atom. The maximum atomic E-state index is 10.2. The molecule has 3 aliphatic rings. The van der Waals surface area contributed by atoms with Crippen LogP contribution in [-0.2, 0) is 5.41 Å². The Morgan fingerprint density at radius 1 is 1.17 bits per heavy atom. The number of benzene rings is 1. The first kappa shape index (κ1) is 17.8. The van der Waals surface area contributed by atoms with Crippen LogP contribution in [0, 0.1) is 22.7 Å². The molecule has 0 radical (unpaired) electrons. The molecule has 6 rings (SSSR count). The SMILES string of the molecule is CC(C)(O)C1CN(c2cc(-n3ncc4ccc([C@]5(C#N)CC56CC6)cc43)ncn2)C1. The van der Waals surface area contributed by atoms with Gasteiger partial charge in [0.05, 0.1) is 28.8 Å². The van der Waals surface area contributed by atoms with Crippen molar-refractivity contribution in [1.29, 1.82) is 5.26 Å². The highest BCUT2D eigenvalue weighted by atomic mass is 16.3. The number of nitriles is 1. The lowest BCUT2D eigenvalue weighted by molar-refractivity contribution is 0.00438. The average Bonchev–Trinajstić information content (AvgIpc) is 3.55. The van der Waals surface area contributed by atoms with E-state index in [1.165, 1.54) is 0 Å². The summed E-state index contributed by atoms with van der Waals surface area (Å²) in [5, 5.41) is 25.7. The molecular formula is C23H24N6O. The van der Waals surface area contributed by atoms with E-state index in [-0.39, 0.29) is 16.7 Å². The normalized spacial score (nSPS) is 24.7. The molecule has 1 aromatic carbocycles. The van der Waals surface area contributed by atoms with Crippen LogP contribution in [0.3, 0.4) is 0 Å². The van der Waals surface area contributed by atoms with Gasteiger partial charge in [-0.2, -0.15) is 10.4 Å². The number of fused-ring (bicyclic) bond motifs is 1. The van der Waals surface area contributed by atoms with Gasteiger partial charge in [-0.1, -0.05) is 12.1 Å². The van der Waals surface area contributed by atoms with E-state index < -0.39 is 5.60 Å². The van der Waals surface area contributed by atoms with Gasteiger partial charge in [0, 0.05) is 30.5 Å². The van der Waals surface area contributed by atoms with Gasteiger partial charge in [0.15, 0.2) is 5.82 Å². The van der Waals surface area contributed by atoms with Crippen molar-refractivity contribution in [1.82, 2.24) is 19.7 Å². The molecule has 1 saturated heterocycles. The van der Waals surface area contributed by atoms with Gasteiger partial charge in [0.2, 0.25) is 0 Å². The third kappa shape index (κ3) is 2.37. The van der Waals surface area contributed by atoms with Crippen LogP contribution in [0.4, 0.5) is 5.82 Å². The molecule has 1 spiro atoms. The van der Waals surface area contributed by atoms with E-state index in [9.17, 15) is 10.4 Å². The number of aliphatic hydroxyl groups is 1. The summed E-state index contributed by atoms with van der Waals surface area (Å²) < 4.78 is 1.84. The van der Waals surface area contributed by atoms with Crippen LogP contribution < -0.4 is 4.90 Å². The van der Waals surface area contributed by atoms with Crippen LogP contribution in [0.2, 0.25) is 0 Å². The smallest absolute Gasteiger partial charge is 0.159 e. The molecule has 0 bridgehead atoms. The number of nitrogens with zero attached hydrogens (tertiary/aromatic N) is 6. The number of rotatable bonds is 4. The molecule has 1 N–H and O–H groups in total. The van der Waals surface area contributed by atoms with Crippen LogP contribution in [0.5, 0.6) is 0 Å². The van der Waals surface area contributed by atoms with Crippen molar-refractivity contribution in [3.05, 3.63) is 42.4 Å². The number of anilines is 1. The maximum Gasteiger partial charge on any atom is 0.159 e. The van der Waals surface area contributed by atoms with Crippen molar-refractivity contribution in [2.45, 2.75) is 44.1 Å². The van der Waals surface area contributed by atoms with Crippen molar-refractivity contribution in [3.8, 4) is 11.9 Å². The lowest BCUT2D eigenvalue weighted by Crippen LogP contribution is -2.56. The molecular weight excluding hydrogens is 376 g/mol. The van der Waals surface area contributed by atoms with Gasteiger partial charge in [-0.15, -0.1) is 0 Å². The van der Waals surface area contributed by atoms with Crippen molar-refractivity contribution in [3.63, 3.8) is 0 Å². The third-order valence-corrected chi connectivity index (χ3v) is 7.55. The summed E-state index contributed by atoms with van der Waals surface area (Å²) in [6.07, 6.45) is 6.71. The quantitative estimate of drug-likeness (QED) is 0.724. The fourth-order valence-electron chi connectivity index (χ4n) is 5.05. The second-order valence-electron chi connectivity index (χ2n) is 9.79. The molecule has 2 aromatic heterocycles. The molecule has 2 aliphatic carbocycles. The van der Waals surface area contributed by atoms with Crippen molar-refractivity contribution in [2.75, 3.05) is 18.0 Å². The summed E-state index contributed by atoms with van der Waals surface area (Å²) in [4.78, 5) is 11.0. The first-order chi connectivity index (χ1) is 14.4. The monoisotopic (exact) mass is 400 g/mol. The van der Waals surface area contributed by atoms with Crippen LogP contribution >= 0.6 is 0 Å². The molecule has 3 fully saturated rings. The fourth-order valence-corrected chi connectivity index (χ4v) is 5.05. The topological polar surface area (TPSA) is 90.9 Å². The Kier molecular flexibility index (Phi) is 3.32. The third-order valence-electron chi connectivity index (χ3n) is 7.55. The van der Waals surface area contributed by atoms with Crippen LogP contribution in [0.15, 0.2) is 36.8 Å². The van der Waals surface area contributed by atoms with Gasteiger partial charge in [0.1, 0.15) is 12.1 Å². The molecule has 0 unspecified atom stereocenters. The van der Waals surface area contributed by atoms with E-state index in [4.69, 9.17) is 0 Å². The summed E-state index contributed by atoms with van der Waals surface area (Å²) >= 11 is 0. The Bertz CT molecular complexity index is 1210. The second-order valence-corrected chi connectivity index (χ2v) is 9.79. The standard InChI is InChI=1S/C23H24N6O/c1-21(2,30)17-10-28(11-17)19-8-20(26-14-25-19)29-18-7-16(4-3-15(18)9-27-29)23(13-24)12-22(23)5-6-22/h3-4,7-9,14,17,30H,5-6,10-12H2,1-2H3/t23-/m1/s1. The van der Waals surface area contributed by atoms with Crippen LogP contribution in [0.25, 0.3) is 16.7 Å². The minimum Gasteiger partial charge on any atom is -0.390 e. The Hall–Kier alpha value is -2.98. The van der Waals surface area contributed by atoms with Gasteiger partial charge >= 0.3 is 0 Å². The summed E-state index contributed by atoms with van der Waals surface area (Å²) in [6.45, 7) is 5.26. The molecule has 3 aromatic rings. The van der Waals surface area contributed by atoms with Crippen molar-refractivity contribution in [2.24, 2.45) is 11.3 Å². The molecule has 7 heteroatoms. The van der Waals surface area contributed by atoms with Gasteiger partial charge < -0.3 is 10.0 Å². The molecule has 3 heterocycles. The second kappa shape index (κ2) is 5.58. The minimum absolute atomic E-state index is 0.233. The summed E-state index contributed by atoms with van der Waals surface area (Å²) in [5.74, 6) is 1.79. The van der Waals surface area contributed by atoms with Gasteiger partial charge in [-0.25, -0.2) is 14.6 Å². The van der Waals surface area contributed by atoms with E-state index >= 15 is 0 Å². The zero-order valence-electron chi connectivity index (χ0n) is 17.2. The van der Waals surface area contributed by atoms with E-state index in [1.54, 1.807) is 6.33 Å². The van der Waals surface area contributed by atoms with E-state index in [2.05, 4.69) is 44.2 Å². The van der Waals surface area contributed by atoms with Gasteiger partial charge in [-0.3, -0.25) is 0 Å². The van der Waals surface area contributed by atoms with E-state index in [1.807, 2.05) is 30.8 Å². The van der Waals surface area contributed by atoms with Crippen molar-refractivity contribution >= 4 is 16.7 Å². The predicted molar refractivity (Wildman–Crippen MR) is 112 cm³/mol. The number of hydrogen-bond acceptors (Lipinski definition) is 6. The first-order valence-electron chi connectivity index (χ1n) is 10.5. The zero-order chi connectivity index (χ0) is 20.7. The highest BCUT2D eigenvalue weighted by molar-refractivity contribution is 5.82. The minimum atomic E-state index is -0.681. The van der Waals surface area contributed by atoms with Crippen LogP contribution in [0.1, 0.15) is 38.7 Å². The molecule has 30 heavy (non-hydrogen) atoms. The maximum absolute atomic E-state index is 10.2. The summed E-state index contributed by atoms with van der Waals surface area (Å²) in [6, 6.07) is 10.8. The Morgan fingerprint density at radius 3 is 2.60 bits per heavy atom. The van der Waals surface area contributed by atoms with E-state index in [0.717, 1.165) is 54.6 Å². The molecule has 0 amide bonds. The Balaban J connectivity index is 1.34. The Labute approximate surface area is 175 Å². The first-order valence-corrected chi connectivity index (χ1v) is 10.5. The molecule has 1 atom stereocenters. The number of hydrogen-bond donors (Lipinski definition) is 1. The zero-order valence-corrected chi connectivity index (χ0v) is 17.2. The summed E-state index contributed by atoms with van der Waals surface area (Å²) in [5.41, 5.74) is 1.29. The number of aromatic nitrogens is 4. The lowest BCUT2D eigenvalue weighted by Gasteiger charge is -2.45.